The molecule has 0 atom stereocenters. The van der Waals surface area contributed by atoms with E-state index in [9.17, 15) is 9.81 Å². The number of nitroso groups, excluding NO2 is 2. The molecular weight excluding hydrogens is 180 g/mol. The molecule has 0 aliphatic carbocycles. The SMILES string of the molecule is Cc1c(N=O)ccc(Cl)c1N=O. The maximum absolute atomic E-state index is 10.2. The molecule has 0 fully saturated rings. The molecular formula is C7H5ClN2O2. The molecule has 12 heavy (non-hydrogen) atoms. The molecule has 0 spiro atoms. The first-order valence-corrected chi connectivity index (χ1v) is 3.54. The number of hydrogen-bond acceptors (Lipinski definition) is 4. The van der Waals surface area contributed by atoms with Crippen LogP contribution in [-0.4, -0.2) is 0 Å². The van der Waals surface area contributed by atoms with Crippen molar-refractivity contribution in [3.8, 4) is 0 Å². The van der Waals surface area contributed by atoms with E-state index < -0.39 is 0 Å². The Bertz CT molecular complexity index is 338. The van der Waals surface area contributed by atoms with Crippen molar-refractivity contribution in [3.05, 3.63) is 32.5 Å². The number of benzene rings is 1. The summed E-state index contributed by atoms with van der Waals surface area (Å²) in [6.07, 6.45) is 0. The zero-order valence-corrected chi connectivity index (χ0v) is 7.00. The second kappa shape index (κ2) is 3.40. The van der Waals surface area contributed by atoms with Crippen LogP contribution in [0.1, 0.15) is 5.56 Å². The molecule has 0 bridgehead atoms. The van der Waals surface area contributed by atoms with E-state index in [2.05, 4.69) is 10.4 Å². The van der Waals surface area contributed by atoms with Crippen molar-refractivity contribution in [2.75, 3.05) is 0 Å². The molecule has 0 radical (unpaired) electrons. The normalized spacial score (nSPS) is 9.50. The molecule has 1 aromatic rings. The second-order valence-corrected chi connectivity index (χ2v) is 2.63. The summed E-state index contributed by atoms with van der Waals surface area (Å²) in [6.45, 7) is 1.57. The highest BCUT2D eigenvalue weighted by molar-refractivity contribution is 6.33. The summed E-state index contributed by atoms with van der Waals surface area (Å²) in [5.74, 6) is 0. The quantitative estimate of drug-likeness (QED) is 0.661. The van der Waals surface area contributed by atoms with Crippen LogP contribution < -0.4 is 0 Å². The van der Waals surface area contributed by atoms with E-state index in [0.717, 1.165) is 0 Å². The van der Waals surface area contributed by atoms with Crippen molar-refractivity contribution in [1.29, 1.82) is 0 Å². The fraction of sp³-hybridized carbons (Fsp3) is 0.143. The van der Waals surface area contributed by atoms with E-state index in [0.29, 0.717) is 5.56 Å². The number of nitrogens with zero attached hydrogens (tertiary/aromatic N) is 2. The average molecular weight is 185 g/mol. The lowest BCUT2D eigenvalue weighted by Crippen LogP contribution is -1.76. The number of rotatable bonds is 2. The van der Waals surface area contributed by atoms with Gasteiger partial charge in [0, 0.05) is 5.56 Å². The zero-order valence-electron chi connectivity index (χ0n) is 6.24. The third-order valence-corrected chi connectivity index (χ3v) is 1.85. The van der Waals surface area contributed by atoms with Gasteiger partial charge in [0.1, 0.15) is 11.4 Å². The molecule has 0 aliphatic rings. The lowest BCUT2D eigenvalue weighted by Gasteiger charge is -2.00. The summed E-state index contributed by atoms with van der Waals surface area (Å²) in [6, 6.07) is 2.86. The smallest absolute Gasteiger partial charge is 0.131 e. The van der Waals surface area contributed by atoms with Crippen molar-refractivity contribution in [3.63, 3.8) is 0 Å². The minimum Gasteiger partial charge on any atom is -0.145 e. The van der Waals surface area contributed by atoms with Crippen LogP contribution in [0.25, 0.3) is 0 Å². The molecule has 4 nitrogen and oxygen atoms in total. The molecule has 5 heteroatoms. The summed E-state index contributed by atoms with van der Waals surface area (Å²) >= 11 is 5.62. The Morgan fingerprint density at radius 1 is 1.25 bits per heavy atom. The van der Waals surface area contributed by atoms with Gasteiger partial charge in [0.25, 0.3) is 0 Å². The fourth-order valence-electron chi connectivity index (χ4n) is 0.867. The highest BCUT2D eigenvalue weighted by Gasteiger charge is 2.08. The molecule has 0 amide bonds. The van der Waals surface area contributed by atoms with Crippen molar-refractivity contribution in [2.24, 2.45) is 10.4 Å². The third-order valence-electron chi connectivity index (χ3n) is 1.54. The molecule has 0 saturated heterocycles. The zero-order chi connectivity index (χ0) is 9.14. The van der Waals surface area contributed by atoms with Gasteiger partial charge in [-0.05, 0) is 29.4 Å². The van der Waals surface area contributed by atoms with Crippen LogP contribution in [0, 0.1) is 16.7 Å². The second-order valence-electron chi connectivity index (χ2n) is 2.22. The largest absolute Gasteiger partial charge is 0.145 e. The van der Waals surface area contributed by atoms with E-state index in [1.165, 1.54) is 12.1 Å². The van der Waals surface area contributed by atoms with Crippen LogP contribution in [0.5, 0.6) is 0 Å². The third kappa shape index (κ3) is 1.33. The van der Waals surface area contributed by atoms with Gasteiger partial charge in [-0.2, -0.15) is 0 Å². The Kier molecular flexibility index (Phi) is 2.50. The minimum atomic E-state index is 0.0776. The lowest BCUT2D eigenvalue weighted by atomic mass is 10.1. The molecule has 0 heterocycles. The van der Waals surface area contributed by atoms with Gasteiger partial charge in [0.15, 0.2) is 0 Å². The maximum atomic E-state index is 10.2. The van der Waals surface area contributed by atoms with Gasteiger partial charge < -0.3 is 0 Å². The van der Waals surface area contributed by atoms with Crippen LogP contribution in [0.15, 0.2) is 22.5 Å². The summed E-state index contributed by atoms with van der Waals surface area (Å²) in [5.41, 5.74) is 0.676. The molecule has 0 aromatic heterocycles. The van der Waals surface area contributed by atoms with E-state index >= 15 is 0 Å². The predicted molar refractivity (Wildman–Crippen MR) is 47.1 cm³/mol. The van der Waals surface area contributed by atoms with Gasteiger partial charge in [-0.3, -0.25) is 0 Å². The Morgan fingerprint density at radius 2 is 1.92 bits per heavy atom. The number of halogens is 1. The monoisotopic (exact) mass is 184 g/mol. The summed E-state index contributed by atoms with van der Waals surface area (Å²) in [4.78, 5) is 20.4. The van der Waals surface area contributed by atoms with Crippen molar-refractivity contribution >= 4 is 23.0 Å². The predicted octanol–water partition coefficient (Wildman–Crippen LogP) is 3.44. The lowest BCUT2D eigenvalue weighted by molar-refractivity contribution is 1.34. The molecule has 0 saturated carbocycles. The van der Waals surface area contributed by atoms with Gasteiger partial charge in [-0.25, -0.2) is 0 Å². The minimum absolute atomic E-state index is 0.0776. The first kappa shape index (κ1) is 8.80. The summed E-state index contributed by atoms with van der Waals surface area (Å²) < 4.78 is 0. The molecule has 1 rings (SSSR count). The Morgan fingerprint density at radius 3 is 2.42 bits per heavy atom. The van der Waals surface area contributed by atoms with Crippen LogP contribution in [0.4, 0.5) is 11.4 Å². The van der Waals surface area contributed by atoms with Crippen LogP contribution in [0.2, 0.25) is 5.02 Å². The Balaban J connectivity index is 3.43. The van der Waals surface area contributed by atoms with E-state index in [-0.39, 0.29) is 16.4 Å². The first-order chi connectivity index (χ1) is 5.70. The molecule has 0 N–H and O–H groups in total. The van der Waals surface area contributed by atoms with Gasteiger partial charge in [0.05, 0.1) is 5.02 Å². The topological polar surface area (TPSA) is 58.9 Å². The Hall–Kier alpha value is -1.29. The van der Waals surface area contributed by atoms with Crippen LogP contribution in [-0.2, 0) is 0 Å². The highest BCUT2D eigenvalue weighted by atomic mass is 35.5. The molecule has 0 unspecified atom stereocenters. The van der Waals surface area contributed by atoms with Gasteiger partial charge in [0.2, 0.25) is 0 Å². The molecule has 62 valence electrons. The van der Waals surface area contributed by atoms with Crippen molar-refractivity contribution in [1.82, 2.24) is 0 Å². The molecule has 1 aromatic carbocycles. The van der Waals surface area contributed by atoms with Gasteiger partial charge >= 0.3 is 0 Å². The van der Waals surface area contributed by atoms with Crippen molar-refractivity contribution < 1.29 is 0 Å². The highest BCUT2D eigenvalue weighted by Crippen LogP contribution is 2.34. The van der Waals surface area contributed by atoms with Crippen LogP contribution in [0.3, 0.4) is 0 Å². The van der Waals surface area contributed by atoms with Gasteiger partial charge in [-0.1, -0.05) is 11.6 Å². The van der Waals surface area contributed by atoms with Crippen molar-refractivity contribution in [2.45, 2.75) is 6.92 Å². The van der Waals surface area contributed by atoms with Gasteiger partial charge in [-0.15, -0.1) is 9.81 Å². The maximum Gasteiger partial charge on any atom is 0.131 e. The first-order valence-electron chi connectivity index (χ1n) is 3.16. The average Bonchev–Trinajstić information content (AvgIpc) is 2.06. The fourth-order valence-corrected chi connectivity index (χ4v) is 1.11. The summed E-state index contributed by atoms with van der Waals surface area (Å²) in [5, 5.41) is 5.64. The van der Waals surface area contributed by atoms with E-state index in [4.69, 9.17) is 11.6 Å². The summed E-state index contributed by atoms with van der Waals surface area (Å²) in [7, 11) is 0. The van der Waals surface area contributed by atoms with Crippen LogP contribution >= 0.6 is 11.6 Å². The number of hydrogen-bond donors (Lipinski definition) is 0. The standard InChI is InChI=1S/C7H5ClN2O2/c1-4-6(9-11)3-2-5(8)7(4)10-12/h2-3H,1H3. The van der Waals surface area contributed by atoms with E-state index in [1.54, 1.807) is 6.92 Å². The molecule has 0 aliphatic heterocycles. The van der Waals surface area contributed by atoms with E-state index in [1.807, 2.05) is 0 Å². The Labute approximate surface area is 73.5 Å².